The lowest BCUT2D eigenvalue weighted by molar-refractivity contribution is 0.0746. The summed E-state index contributed by atoms with van der Waals surface area (Å²) >= 11 is 0. The van der Waals surface area contributed by atoms with E-state index < -0.39 is 0 Å². The molecule has 2 amide bonds. The molecule has 0 atom stereocenters. The summed E-state index contributed by atoms with van der Waals surface area (Å²) in [6, 6.07) is 30.0. The summed E-state index contributed by atoms with van der Waals surface area (Å²) < 4.78 is 0. The summed E-state index contributed by atoms with van der Waals surface area (Å²) in [6.07, 6.45) is 6.04. The van der Waals surface area contributed by atoms with Crippen molar-refractivity contribution >= 4 is 34.0 Å². The minimum atomic E-state index is -0.0962. The minimum Gasteiger partial charge on any atom is -0.368 e. The molecule has 0 spiro atoms. The second-order valence-corrected chi connectivity index (χ2v) is 10.3. The van der Waals surface area contributed by atoms with Gasteiger partial charge in [-0.3, -0.25) is 9.59 Å². The van der Waals surface area contributed by atoms with Crippen molar-refractivity contribution in [2.75, 3.05) is 36.4 Å². The molecule has 0 radical (unpaired) electrons. The maximum atomic E-state index is 13.1. The van der Waals surface area contributed by atoms with Crippen molar-refractivity contribution < 1.29 is 9.59 Å². The second kappa shape index (κ2) is 12.6. The van der Waals surface area contributed by atoms with E-state index in [-0.39, 0.29) is 11.8 Å². The van der Waals surface area contributed by atoms with E-state index in [9.17, 15) is 9.59 Å². The Balaban J connectivity index is 1.12. The lowest BCUT2D eigenvalue weighted by Gasteiger charge is -2.36. The van der Waals surface area contributed by atoms with Gasteiger partial charge < -0.3 is 15.1 Å². The lowest BCUT2D eigenvalue weighted by atomic mass is 10.0. The van der Waals surface area contributed by atoms with E-state index in [1.807, 2.05) is 77.7 Å². The number of carbonyl (C=O) groups is 2. The number of piperazine rings is 1. The Kier molecular flexibility index (Phi) is 8.57. The zero-order valence-electron chi connectivity index (χ0n) is 22.7. The fourth-order valence-corrected chi connectivity index (χ4v) is 5.21. The average molecular weight is 520 g/mol. The van der Waals surface area contributed by atoms with Crippen LogP contribution in [-0.2, 0) is 6.42 Å². The van der Waals surface area contributed by atoms with E-state index in [1.165, 1.54) is 31.2 Å². The smallest absolute Gasteiger partial charge is 0.255 e. The molecule has 0 bridgehead atoms. The minimum absolute atomic E-state index is 0.0861. The van der Waals surface area contributed by atoms with E-state index in [0.717, 1.165) is 47.2 Å². The quantitative estimate of drug-likeness (QED) is 0.238. The van der Waals surface area contributed by atoms with Gasteiger partial charge in [-0.15, -0.1) is 0 Å². The fraction of sp³-hybridized carbons (Fsp3) is 0.294. The predicted octanol–water partition coefficient (Wildman–Crippen LogP) is 7.18. The molecule has 0 aromatic heterocycles. The number of hydrogen-bond acceptors (Lipinski definition) is 3. The molecule has 1 aliphatic heterocycles. The molecular formula is C34H37N3O2. The molecule has 1 aliphatic rings. The Bertz CT molecular complexity index is 1400. The summed E-state index contributed by atoms with van der Waals surface area (Å²) in [4.78, 5) is 30.1. The van der Waals surface area contributed by atoms with Crippen LogP contribution in [-0.4, -0.2) is 42.9 Å². The third kappa shape index (κ3) is 6.66. The number of fused-ring (bicyclic) bond motifs is 1. The number of hydrogen-bond donors (Lipinski definition) is 1. The molecule has 1 fully saturated rings. The standard InChI is InChI=1S/C34H37N3O2/c1-2-3-4-5-8-26-11-13-28(14-12-26)33(38)35-31-17-19-32(20-18-31)36-21-23-37(24-22-36)34(39)30-16-15-27-9-6-7-10-29(27)25-30/h6-7,9-20,25H,2-5,8,21-24H2,1H3,(H,35,38). The van der Waals surface area contributed by atoms with Crippen LogP contribution in [0.5, 0.6) is 0 Å². The summed E-state index contributed by atoms with van der Waals surface area (Å²) in [5, 5.41) is 5.24. The van der Waals surface area contributed by atoms with Crippen molar-refractivity contribution in [3.63, 3.8) is 0 Å². The summed E-state index contributed by atoms with van der Waals surface area (Å²) in [7, 11) is 0. The first kappa shape index (κ1) is 26.5. The number of carbonyl (C=O) groups excluding carboxylic acids is 2. The Hall–Kier alpha value is -4.12. The maximum Gasteiger partial charge on any atom is 0.255 e. The van der Waals surface area contributed by atoms with Gasteiger partial charge in [0, 0.05) is 48.7 Å². The summed E-state index contributed by atoms with van der Waals surface area (Å²) in [5.41, 5.74) is 4.56. The number of nitrogens with one attached hydrogen (secondary N) is 1. The highest BCUT2D eigenvalue weighted by molar-refractivity contribution is 6.04. The van der Waals surface area contributed by atoms with E-state index in [4.69, 9.17) is 0 Å². The zero-order chi connectivity index (χ0) is 27.0. The van der Waals surface area contributed by atoms with Crippen LogP contribution in [0.2, 0.25) is 0 Å². The molecule has 0 unspecified atom stereocenters. The Labute approximate surface area is 231 Å². The van der Waals surface area contributed by atoms with E-state index in [1.54, 1.807) is 0 Å². The van der Waals surface area contributed by atoms with Crippen molar-refractivity contribution in [1.29, 1.82) is 0 Å². The monoisotopic (exact) mass is 519 g/mol. The van der Waals surface area contributed by atoms with Crippen LogP contribution in [0, 0.1) is 0 Å². The molecule has 200 valence electrons. The van der Waals surface area contributed by atoms with Crippen LogP contribution < -0.4 is 10.2 Å². The highest BCUT2D eigenvalue weighted by Gasteiger charge is 2.22. The van der Waals surface area contributed by atoms with Gasteiger partial charge in [0.1, 0.15) is 0 Å². The maximum absolute atomic E-state index is 13.1. The van der Waals surface area contributed by atoms with Gasteiger partial charge in [0.2, 0.25) is 0 Å². The van der Waals surface area contributed by atoms with Gasteiger partial charge in [-0.1, -0.05) is 68.7 Å². The van der Waals surface area contributed by atoms with Crippen LogP contribution >= 0.6 is 0 Å². The molecule has 0 aliphatic carbocycles. The second-order valence-electron chi connectivity index (χ2n) is 10.3. The van der Waals surface area contributed by atoms with Crippen molar-refractivity contribution in [3.8, 4) is 0 Å². The SMILES string of the molecule is CCCCCCc1ccc(C(=O)Nc2ccc(N3CCN(C(=O)c4ccc5ccccc5c4)CC3)cc2)cc1. The van der Waals surface area contributed by atoms with Gasteiger partial charge in [-0.25, -0.2) is 0 Å². The highest BCUT2D eigenvalue weighted by atomic mass is 16.2. The molecule has 5 rings (SSSR count). The molecule has 4 aromatic carbocycles. The van der Waals surface area contributed by atoms with Gasteiger partial charge >= 0.3 is 0 Å². The first-order chi connectivity index (χ1) is 19.1. The Morgan fingerprint density at radius 1 is 0.718 bits per heavy atom. The van der Waals surface area contributed by atoms with Gasteiger partial charge in [0.15, 0.2) is 0 Å². The molecule has 1 saturated heterocycles. The van der Waals surface area contributed by atoms with Crippen LogP contribution in [0.1, 0.15) is 58.9 Å². The van der Waals surface area contributed by atoms with Gasteiger partial charge in [0.25, 0.3) is 11.8 Å². The Morgan fingerprint density at radius 2 is 1.41 bits per heavy atom. The molecule has 1 N–H and O–H groups in total. The van der Waals surface area contributed by atoms with Crippen LogP contribution in [0.3, 0.4) is 0 Å². The molecular weight excluding hydrogens is 482 g/mol. The van der Waals surface area contributed by atoms with Crippen molar-refractivity contribution in [2.45, 2.75) is 39.0 Å². The van der Waals surface area contributed by atoms with Gasteiger partial charge in [-0.05, 0) is 77.7 Å². The molecule has 0 saturated carbocycles. The van der Waals surface area contributed by atoms with Crippen LogP contribution in [0.25, 0.3) is 10.8 Å². The number of anilines is 2. The molecule has 1 heterocycles. The zero-order valence-corrected chi connectivity index (χ0v) is 22.7. The van der Waals surface area contributed by atoms with Crippen molar-refractivity contribution in [2.24, 2.45) is 0 Å². The molecule has 5 nitrogen and oxygen atoms in total. The van der Waals surface area contributed by atoms with Crippen LogP contribution in [0.4, 0.5) is 11.4 Å². The van der Waals surface area contributed by atoms with E-state index in [2.05, 4.69) is 35.3 Å². The lowest BCUT2D eigenvalue weighted by Crippen LogP contribution is -2.48. The number of aryl methyl sites for hydroxylation is 1. The molecule has 4 aromatic rings. The van der Waals surface area contributed by atoms with E-state index in [0.29, 0.717) is 18.7 Å². The molecule has 5 heteroatoms. The normalized spacial score (nSPS) is 13.5. The van der Waals surface area contributed by atoms with Gasteiger partial charge in [0.05, 0.1) is 0 Å². The Morgan fingerprint density at radius 3 is 2.13 bits per heavy atom. The number of rotatable bonds is 9. The van der Waals surface area contributed by atoms with Crippen LogP contribution in [0.15, 0.2) is 91.0 Å². The topological polar surface area (TPSA) is 52.7 Å². The average Bonchev–Trinajstić information content (AvgIpc) is 2.99. The predicted molar refractivity (Wildman–Crippen MR) is 161 cm³/mol. The first-order valence-electron chi connectivity index (χ1n) is 14.1. The number of unbranched alkanes of at least 4 members (excludes halogenated alkanes) is 3. The first-order valence-corrected chi connectivity index (χ1v) is 14.1. The number of amides is 2. The summed E-state index contributed by atoms with van der Waals surface area (Å²) in [5.74, 6) is -0.0101. The number of nitrogens with zero attached hydrogens (tertiary/aromatic N) is 2. The van der Waals surface area contributed by atoms with E-state index >= 15 is 0 Å². The largest absolute Gasteiger partial charge is 0.368 e. The molecule has 39 heavy (non-hydrogen) atoms. The third-order valence-corrected chi connectivity index (χ3v) is 7.59. The third-order valence-electron chi connectivity index (χ3n) is 7.59. The van der Waals surface area contributed by atoms with Gasteiger partial charge in [-0.2, -0.15) is 0 Å². The highest BCUT2D eigenvalue weighted by Crippen LogP contribution is 2.22. The summed E-state index contributed by atoms with van der Waals surface area (Å²) in [6.45, 7) is 5.13. The number of benzene rings is 4. The van der Waals surface area contributed by atoms with Crippen molar-refractivity contribution in [3.05, 3.63) is 108 Å². The van der Waals surface area contributed by atoms with Crippen molar-refractivity contribution in [1.82, 2.24) is 4.90 Å². The fourth-order valence-electron chi connectivity index (χ4n) is 5.21.